The Labute approximate surface area is 154 Å². The number of Topliss-reactive ketones (excluding diaryl/α,β-unsaturated/α-hetero) is 1. The molecular weight excluding hydrogens is 336 g/mol. The smallest absolute Gasteiger partial charge is 0.156 e. The van der Waals surface area contributed by atoms with Crippen molar-refractivity contribution >= 4 is 17.1 Å². The Bertz CT molecular complexity index is 590. The first kappa shape index (κ1) is 19.0. The third-order valence-corrected chi connectivity index (χ3v) is 6.08. The van der Waals surface area contributed by atoms with E-state index in [9.17, 15) is 9.90 Å². The van der Waals surface area contributed by atoms with Crippen LogP contribution in [-0.4, -0.2) is 59.2 Å². The van der Waals surface area contributed by atoms with Crippen molar-refractivity contribution in [2.45, 2.75) is 64.0 Å². The van der Waals surface area contributed by atoms with Gasteiger partial charge >= 0.3 is 0 Å². The summed E-state index contributed by atoms with van der Waals surface area (Å²) in [4.78, 5) is 19.7. The molecule has 1 aromatic heterocycles. The van der Waals surface area contributed by atoms with E-state index < -0.39 is 6.10 Å². The van der Waals surface area contributed by atoms with Crippen molar-refractivity contribution in [3.8, 4) is 0 Å². The molecule has 0 spiro atoms. The largest absolute Gasteiger partial charge is 0.392 e. The standard InChI is InChI=1S/C19H30N2O3S/c1-19(2,3)17-12-25-18(20-17)9-16(23)15-8-14(22)11-21(15)10-13-4-6-24-7-5-13/h12-15,22H,4-11H2,1-3H3/t14-,15+/m1/s1. The van der Waals surface area contributed by atoms with Crippen molar-refractivity contribution in [3.63, 3.8) is 0 Å². The fourth-order valence-electron chi connectivity index (χ4n) is 3.68. The van der Waals surface area contributed by atoms with E-state index in [1.165, 1.54) is 0 Å². The first-order valence-electron chi connectivity index (χ1n) is 9.30. The lowest BCUT2D eigenvalue weighted by Gasteiger charge is -2.30. The molecule has 25 heavy (non-hydrogen) atoms. The van der Waals surface area contributed by atoms with Crippen molar-refractivity contribution in [2.24, 2.45) is 5.92 Å². The van der Waals surface area contributed by atoms with Crippen LogP contribution in [0.25, 0.3) is 0 Å². The number of rotatable bonds is 5. The highest BCUT2D eigenvalue weighted by atomic mass is 32.1. The molecule has 0 unspecified atom stereocenters. The Kier molecular flexibility index (Phi) is 5.93. The van der Waals surface area contributed by atoms with Gasteiger partial charge in [-0.2, -0.15) is 0 Å². The maximum Gasteiger partial charge on any atom is 0.156 e. The molecule has 1 N–H and O–H groups in total. The van der Waals surface area contributed by atoms with Gasteiger partial charge in [0, 0.05) is 37.1 Å². The molecule has 3 heterocycles. The zero-order valence-corrected chi connectivity index (χ0v) is 16.3. The molecule has 1 aromatic rings. The molecule has 0 aromatic carbocycles. The van der Waals surface area contributed by atoms with Gasteiger partial charge in [-0.3, -0.25) is 9.69 Å². The number of hydrogen-bond acceptors (Lipinski definition) is 6. The van der Waals surface area contributed by atoms with Gasteiger partial charge in [-0.25, -0.2) is 4.98 Å². The summed E-state index contributed by atoms with van der Waals surface area (Å²) in [5, 5.41) is 13.0. The fraction of sp³-hybridized carbons (Fsp3) is 0.789. The lowest BCUT2D eigenvalue weighted by Crippen LogP contribution is -2.41. The molecular formula is C19H30N2O3S. The summed E-state index contributed by atoms with van der Waals surface area (Å²) in [6, 6.07) is -0.167. The number of aliphatic hydroxyl groups excluding tert-OH is 1. The lowest BCUT2D eigenvalue weighted by molar-refractivity contribution is -0.123. The number of aromatic nitrogens is 1. The zero-order valence-electron chi connectivity index (χ0n) is 15.5. The fourth-order valence-corrected chi connectivity index (χ4v) is 4.71. The Balaban J connectivity index is 1.61. The molecule has 3 rings (SSSR count). The summed E-state index contributed by atoms with van der Waals surface area (Å²) < 4.78 is 5.43. The van der Waals surface area contributed by atoms with Gasteiger partial charge in [-0.15, -0.1) is 11.3 Å². The Morgan fingerprint density at radius 3 is 2.76 bits per heavy atom. The number of aliphatic hydroxyl groups is 1. The molecule has 0 bridgehead atoms. The number of carbonyl (C=O) groups is 1. The summed E-state index contributed by atoms with van der Waals surface area (Å²) >= 11 is 1.57. The molecule has 2 saturated heterocycles. The van der Waals surface area contributed by atoms with Gasteiger partial charge in [0.2, 0.25) is 0 Å². The number of carbonyl (C=O) groups excluding carboxylic acids is 1. The first-order chi connectivity index (χ1) is 11.8. The third kappa shape index (κ3) is 4.88. The molecule has 2 aliphatic rings. The van der Waals surface area contributed by atoms with Crippen molar-refractivity contribution in [3.05, 3.63) is 16.1 Å². The van der Waals surface area contributed by atoms with Crippen LogP contribution < -0.4 is 0 Å². The Morgan fingerprint density at radius 2 is 2.12 bits per heavy atom. The lowest BCUT2D eigenvalue weighted by atomic mass is 9.93. The van der Waals surface area contributed by atoms with Gasteiger partial charge in [-0.1, -0.05) is 20.8 Å². The normalized spacial score (nSPS) is 26.2. The number of β-amino-alcohol motifs (C(OH)–C–C–N with tert-alkyl or cyclic N) is 1. The molecule has 2 fully saturated rings. The third-order valence-electron chi connectivity index (χ3n) is 5.23. The van der Waals surface area contributed by atoms with E-state index in [1.54, 1.807) is 11.3 Å². The van der Waals surface area contributed by atoms with Crippen molar-refractivity contribution in [1.82, 2.24) is 9.88 Å². The van der Waals surface area contributed by atoms with Gasteiger partial charge in [0.15, 0.2) is 5.78 Å². The summed E-state index contributed by atoms with van der Waals surface area (Å²) in [6.07, 6.45) is 2.64. The van der Waals surface area contributed by atoms with Gasteiger partial charge < -0.3 is 9.84 Å². The van der Waals surface area contributed by atoms with Crippen LogP contribution in [-0.2, 0) is 21.4 Å². The van der Waals surface area contributed by atoms with E-state index in [0.717, 1.165) is 43.3 Å². The molecule has 5 nitrogen and oxygen atoms in total. The van der Waals surface area contributed by atoms with E-state index in [4.69, 9.17) is 4.74 Å². The van der Waals surface area contributed by atoms with Crippen molar-refractivity contribution < 1.29 is 14.6 Å². The topological polar surface area (TPSA) is 62.7 Å². The summed E-state index contributed by atoms with van der Waals surface area (Å²) in [5.74, 6) is 0.764. The molecule has 0 saturated carbocycles. The van der Waals surface area contributed by atoms with Crippen molar-refractivity contribution in [1.29, 1.82) is 0 Å². The van der Waals surface area contributed by atoms with Crippen LogP contribution in [0.2, 0.25) is 0 Å². The molecule has 2 aliphatic heterocycles. The number of ketones is 1. The second kappa shape index (κ2) is 7.82. The maximum atomic E-state index is 12.9. The number of thiazole rings is 1. The Hall–Kier alpha value is -0.820. The predicted octanol–water partition coefficient (Wildman–Crippen LogP) is 2.41. The molecule has 0 amide bonds. The van der Waals surface area contributed by atoms with Crippen LogP contribution in [0.4, 0.5) is 0 Å². The highest BCUT2D eigenvalue weighted by molar-refractivity contribution is 7.09. The quantitative estimate of drug-likeness (QED) is 0.867. The van der Waals surface area contributed by atoms with E-state index in [2.05, 4.69) is 36.0 Å². The van der Waals surface area contributed by atoms with E-state index in [-0.39, 0.29) is 17.2 Å². The highest BCUT2D eigenvalue weighted by Crippen LogP contribution is 2.27. The summed E-state index contributed by atoms with van der Waals surface area (Å²) in [7, 11) is 0. The number of hydrogen-bond donors (Lipinski definition) is 1. The van der Waals surface area contributed by atoms with E-state index in [0.29, 0.717) is 25.3 Å². The SMILES string of the molecule is CC(C)(C)c1csc(CC(=O)[C@@H]2C[C@@H](O)CN2CC2CCOCC2)n1. The first-order valence-corrected chi connectivity index (χ1v) is 10.2. The minimum atomic E-state index is -0.393. The van der Waals surface area contributed by atoms with Gasteiger partial charge in [0.1, 0.15) is 5.01 Å². The molecule has 0 aliphatic carbocycles. The zero-order chi connectivity index (χ0) is 18.0. The number of ether oxygens (including phenoxy) is 1. The van der Waals surface area contributed by atoms with Gasteiger partial charge in [0.05, 0.1) is 24.3 Å². The Morgan fingerprint density at radius 1 is 1.40 bits per heavy atom. The van der Waals surface area contributed by atoms with Crippen LogP contribution in [0.15, 0.2) is 5.38 Å². The van der Waals surface area contributed by atoms with Gasteiger partial charge in [-0.05, 0) is 25.2 Å². The number of likely N-dealkylation sites (tertiary alicyclic amines) is 1. The van der Waals surface area contributed by atoms with Crippen LogP contribution in [0.3, 0.4) is 0 Å². The number of nitrogens with zero attached hydrogens (tertiary/aromatic N) is 2. The minimum absolute atomic E-state index is 0.0104. The summed E-state index contributed by atoms with van der Waals surface area (Å²) in [6.45, 7) is 9.54. The van der Waals surface area contributed by atoms with Gasteiger partial charge in [0.25, 0.3) is 0 Å². The second-order valence-corrected chi connectivity index (χ2v) is 9.38. The van der Waals surface area contributed by atoms with E-state index in [1.807, 2.05) is 0 Å². The monoisotopic (exact) mass is 366 g/mol. The average Bonchev–Trinajstić information content (AvgIpc) is 3.15. The van der Waals surface area contributed by atoms with Crippen LogP contribution in [0.1, 0.15) is 50.7 Å². The molecule has 6 heteroatoms. The summed E-state index contributed by atoms with van der Waals surface area (Å²) in [5.41, 5.74) is 1.06. The van der Waals surface area contributed by atoms with Crippen molar-refractivity contribution in [2.75, 3.05) is 26.3 Å². The van der Waals surface area contributed by atoms with Crippen LogP contribution in [0, 0.1) is 5.92 Å². The molecule has 140 valence electrons. The highest BCUT2D eigenvalue weighted by Gasteiger charge is 2.37. The minimum Gasteiger partial charge on any atom is -0.392 e. The molecule has 0 radical (unpaired) electrons. The van der Waals surface area contributed by atoms with Crippen LogP contribution >= 0.6 is 11.3 Å². The predicted molar refractivity (Wildman–Crippen MR) is 99.1 cm³/mol. The second-order valence-electron chi connectivity index (χ2n) is 8.43. The van der Waals surface area contributed by atoms with Crippen LogP contribution in [0.5, 0.6) is 0 Å². The molecule has 2 atom stereocenters. The maximum absolute atomic E-state index is 12.9. The average molecular weight is 367 g/mol. The van der Waals surface area contributed by atoms with E-state index >= 15 is 0 Å².